The van der Waals surface area contributed by atoms with E-state index < -0.39 is 0 Å². The molecule has 1 aromatic carbocycles. The molecule has 0 unspecified atom stereocenters. The summed E-state index contributed by atoms with van der Waals surface area (Å²) in [5, 5.41) is 8.95. The van der Waals surface area contributed by atoms with Crippen LogP contribution >= 0.6 is 0 Å². The molecule has 3 nitrogen and oxygen atoms in total. The number of aliphatic hydroxyl groups excluding tert-OH is 1. The normalized spacial score (nSPS) is 15.3. The average molecular weight is 176 g/mol. The first-order valence-electron chi connectivity index (χ1n) is 4.36. The minimum atomic E-state index is 0.0961. The van der Waals surface area contributed by atoms with Crippen molar-refractivity contribution >= 4 is 12.0 Å². The maximum Gasteiger partial charge on any atom is 0.0895 e. The summed E-state index contributed by atoms with van der Waals surface area (Å²) in [4.78, 5) is 6.22. The highest BCUT2D eigenvalue weighted by atomic mass is 16.3. The highest BCUT2D eigenvalue weighted by Crippen LogP contribution is 2.16. The van der Waals surface area contributed by atoms with Gasteiger partial charge in [-0.05, 0) is 17.7 Å². The number of anilines is 1. The van der Waals surface area contributed by atoms with E-state index in [1.165, 1.54) is 0 Å². The molecule has 0 saturated heterocycles. The van der Waals surface area contributed by atoms with Crippen molar-refractivity contribution in [2.24, 2.45) is 4.99 Å². The molecular weight excluding hydrogens is 164 g/mol. The zero-order chi connectivity index (χ0) is 9.10. The summed E-state index contributed by atoms with van der Waals surface area (Å²) >= 11 is 0. The second-order valence-corrected chi connectivity index (χ2v) is 3.04. The average Bonchev–Trinajstić information content (AvgIpc) is 2.71. The third-order valence-electron chi connectivity index (χ3n) is 2.12. The lowest BCUT2D eigenvalue weighted by Gasteiger charge is -2.14. The minimum absolute atomic E-state index is 0.0961. The highest BCUT2D eigenvalue weighted by molar-refractivity contribution is 5.80. The molecule has 1 aliphatic heterocycles. The minimum Gasteiger partial charge on any atom is -0.392 e. The summed E-state index contributed by atoms with van der Waals surface area (Å²) in [6.07, 6.45) is 1.84. The molecule has 0 fully saturated rings. The van der Waals surface area contributed by atoms with Crippen LogP contribution in [-0.2, 0) is 6.61 Å². The predicted octanol–water partition coefficient (Wildman–Crippen LogP) is 1.03. The van der Waals surface area contributed by atoms with Crippen molar-refractivity contribution in [3.05, 3.63) is 29.8 Å². The predicted molar refractivity (Wildman–Crippen MR) is 53.1 cm³/mol. The fraction of sp³-hybridized carbons (Fsp3) is 0.300. The van der Waals surface area contributed by atoms with Gasteiger partial charge >= 0.3 is 0 Å². The zero-order valence-corrected chi connectivity index (χ0v) is 7.35. The van der Waals surface area contributed by atoms with Gasteiger partial charge in [-0.3, -0.25) is 4.99 Å². The smallest absolute Gasteiger partial charge is 0.0895 e. The fourth-order valence-electron chi connectivity index (χ4n) is 1.41. The Morgan fingerprint density at radius 1 is 1.46 bits per heavy atom. The molecule has 1 heterocycles. The van der Waals surface area contributed by atoms with Gasteiger partial charge in [-0.2, -0.15) is 0 Å². The van der Waals surface area contributed by atoms with Crippen molar-refractivity contribution in [2.75, 3.05) is 18.0 Å². The van der Waals surface area contributed by atoms with Gasteiger partial charge in [-0.15, -0.1) is 0 Å². The van der Waals surface area contributed by atoms with Crippen LogP contribution < -0.4 is 4.90 Å². The molecule has 68 valence electrons. The summed E-state index contributed by atoms with van der Waals surface area (Å²) < 4.78 is 0. The van der Waals surface area contributed by atoms with Crippen LogP contribution in [0.1, 0.15) is 5.56 Å². The van der Waals surface area contributed by atoms with Gasteiger partial charge in [0.05, 0.1) is 19.5 Å². The monoisotopic (exact) mass is 176 g/mol. The third kappa shape index (κ3) is 1.70. The third-order valence-corrected chi connectivity index (χ3v) is 2.12. The van der Waals surface area contributed by atoms with E-state index in [4.69, 9.17) is 5.11 Å². The van der Waals surface area contributed by atoms with Crippen LogP contribution in [0.25, 0.3) is 0 Å². The van der Waals surface area contributed by atoms with Gasteiger partial charge in [0.1, 0.15) is 0 Å². The van der Waals surface area contributed by atoms with Crippen LogP contribution in [0.2, 0.25) is 0 Å². The number of hydrogen-bond acceptors (Lipinski definition) is 3. The summed E-state index contributed by atoms with van der Waals surface area (Å²) in [5.74, 6) is 0. The van der Waals surface area contributed by atoms with E-state index in [0.29, 0.717) is 0 Å². The number of benzene rings is 1. The number of rotatable bonds is 2. The van der Waals surface area contributed by atoms with E-state index in [0.717, 1.165) is 24.3 Å². The lowest BCUT2D eigenvalue weighted by molar-refractivity contribution is 0.282. The lowest BCUT2D eigenvalue weighted by atomic mass is 10.2. The maximum absolute atomic E-state index is 8.95. The molecular formula is C10H12N2O. The first-order valence-corrected chi connectivity index (χ1v) is 4.36. The second-order valence-electron chi connectivity index (χ2n) is 3.04. The Balaban J connectivity index is 2.24. The lowest BCUT2D eigenvalue weighted by Crippen LogP contribution is -2.18. The van der Waals surface area contributed by atoms with Crippen LogP contribution in [0.3, 0.4) is 0 Å². The Kier molecular flexibility index (Phi) is 2.27. The number of nitrogens with zero attached hydrogens (tertiary/aromatic N) is 2. The molecule has 0 atom stereocenters. The molecule has 13 heavy (non-hydrogen) atoms. The van der Waals surface area contributed by atoms with E-state index in [2.05, 4.69) is 9.89 Å². The summed E-state index contributed by atoms with van der Waals surface area (Å²) in [7, 11) is 0. The van der Waals surface area contributed by atoms with Crippen molar-refractivity contribution in [1.82, 2.24) is 0 Å². The Morgan fingerprint density at radius 2 is 2.38 bits per heavy atom. The van der Waals surface area contributed by atoms with Gasteiger partial charge in [0.15, 0.2) is 0 Å². The van der Waals surface area contributed by atoms with Crippen molar-refractivity contribution in [3.8, 4) is 0 Å². The fourth-order valence-corrected chi connectivity index (χ4v) is 1.41. The van der Waals surface area contributed by atoms with Crippen LogP contribution in [0.5, 0.6) is 0 Å². The summed E-state index contributed by atoms with van der Waals surface area (Å²) in [5.41, 5.74) is 2.05. The maximum atomic E-state index is 8.95. The van der Waals surface area contributed by atoms with Crippen LogP contribution in [-0.4, -0.2) is 24.5 Å². The Labute approximate surface area is 77.3 Å². The molecule has 2 rings (SSSR count). The number of aliphatic hydroxyl groups is 1. The topological polar surface area (TPSA) is 35.8 Å². The van der Waals surface area contributed by atoms with Gasteiger partial charge in [0.25, 0.3) is 0 Å². The molecule has 0 saturated carbocycles. The van der Waals surface area contributed by atoms with Crippen molar-refractivity contribution < 1.29 is 5.11 Å². The van der Waals surface area contributed by atoms with E-state index in [9.17, 15) is 0 Å². The molecule has 0 aliphatic carbocycles. The number of hydrogen-bond donors (Lipinski definition) is 1. The molecule has 1 aliphatic rings. The van der Waals surface area contributed by atoms with Gasteiger partial charge in [0, 0.05) is 12.2 Å². The Hall–Kier alpha value is -1.35. The SMILES string of the molecule is OCc1cccc(N2C=NCC2)c1. The quantitative estimate of drug-likeness (QED) is 0.730. The van der Waals surface area contributed by atoms with E-state index in [1.807, 2.05) is 30.6 Å². The largest absolute Gasteiger partial charge is 0.392 e. The van der Waals surface area contributed by atoms with E-state index in [1.54, 1.807) is 0 Å². The molecule has 0 aromatic heterocycles. The molecule has 0 radical (unpaired) electrons. The summed E-state index contributed by atoms with van der Waals surface area (Å²) in [6.45, 7) is 1.90. The standard InChI is InChI=1S/C10H12N2O/c13-7-9-2-1-3-10(6-9)12-5-4-11-8-12/h1-3,6,8,13H,4-5,7H2. The first kappa shape index (κ1) is 8.26. The molecule has 0 bridgehead atoms. The van der Waals surface area contributed by atoms with Gasteiger partial charge < -0.3 is 10.0 Å². The first-order chi connectivity index (χ1) is 6.40. The molecule has 1 N–H and O–H groups in total. The molecule has 0 amide bonds. The molecule has 3 heteroatoms. The second kappa shape index (κ2) is 3.58. The van der Waals surface area contributed by atoms with Crippen molar-refractivity contribution in [3.63, 3.8) is 0 Å². The molecule has 1 aromatic rings. The van der Waals surface area contributed by atoms with Crippen molar-refractivity contribution in [2.45, 2.75) is 6.61 Å². The highest BCUT2D eigenvalue weighted by Gasteiger charge is 2.07. The Morgan fingerprint density at radius 3 is 3.08 bits per heavy atom. The van der Waals surface area contributed by atoms with Crippen LogP contribution in [0.15, 0.2) is 29.3 Å². The van der Waals surface area contributed by atoms with Crippen LogP contribution in [0, 0.1) is 0 Å². The van der Waals surface area contributed by atoms with Gasteiger partial charge in [0.2, 0.25) is 0 Å². The van der Waals surface area contributed by atoms with E-state index >= 15 is 0 Å². The zero-order valence-electron chi connectivity index (χ0n) is 7.35. The van der Waals surface area contributed by atoms with Crippen LogP contribution in [0.4, 0.5) is 5.69 Å². The van der Waals surface area contributed by atoms with E-state index in [-0.39, 0.29) is 6.61 Å². The number of aliphatic imine (C=N–C) groups is 1. The van der Waals surface area contributed by atoms with Crippen molar-refractivity contribution in [1.29, 1.82) is 0 Å². The van der Waals surface area contributed by atoms with Gasteiger partial charge in [-0.25, -0.2) is 0 Å². The Bertz CT molecular complexity index is 322. The van der Waals surface area contributed by atoms with Gasteiger partial charge in [-0.1, -0.05) is 12.1 Å². The summed E-state index contributed by atoms with van der Waals surface area (Å²) in [6, 6.07) is 7.87. The molecule has 0 spiro atoms.